The number of rotatable bonds is 3. The first-order valence-electron chi connectivity index (χ1n) is 5.51. The third-order valence-corrected chi connectivity index (χ3v) is 3.66. The molecule has 94 valence electrons. The van der Waals surface area contributed by atoms with Crippen LogP contribution in [0.1, 0.15) is 11.1 Å². The van der Waals surface area contributed by atoms with E-state index in [-0.39, 0.29) is 0 Å². The highest BCUT2D eigenvalue weighted by Gasteiger charge is 2.06. The van der Waals surface area contributed by atoms with Crippen molar-refractivity contribution < 1.29 is 0 Å². The Bertz CT molecular complexity index is 547. The van der Waals surface area contributed by atoms with Gasteiger partial charge in [-0.15, -0.1) is 0 Å². The zero-order valence-corrected chi connectivity index (χ0v) is 12.1. The molecule has 0 aliphatic heterocycles. The van der Waals surface area contributed by atoms with Crippen LogP contribution in [0.2, 0.25) is 15.1 Å². The van der Waals surface area contributed by atoms with Gasteiger partial charge >= 0.3 is 0 Å². The molecule has 0 aromatic heterocycles. The molecule has 0 aliphatic rings. The van der Waals surface area contributed by atoms with Crippen molar-refractivity contribution in [1.82, 2.24) is 0 Å². The molecule has 0 radical (unpaired) electrons. The first kappa shape index (κ1) is 13.5. The van der Waals surface area contributed by atoms with E-state index in [1.807, 2.05) is 43.3 Å². The van der Waals surface area contributed by atoms with Gasteiger partial charge in [0.25, 0.3) is 0 Å². The van der Waals surface area contributed by atoms with Gasteiger partial charge in [0.05, 0.1) is 10.7 Å². The second kappa shape index (κ2) is 5.83. The van der Waals surface area contributed by atoms with Crippen LogP contribution in [-0.4, -0.2) is 0 Å². The maximum absolute atomic E-state index is 6.15. The van der Waals surface area contributed by atoms with Gasteiger partial charge in [-0.05, 0) is 36.8 Å². The Morgan fingerprint density at radius 2 is 1.61 bits per heavy atom. The second-order valence-corrected chi connectivity index (χ2v) is 5.26. The SMILES string of the molecule is Cc1ccc(NCc2c(Cl)cccc2Cl)c(Cl)c1. The van der Waals surface area contributed by atoms with Crippen molar-refractivity contribution in [3.05, 3.63) is 62.6 Å². The Hall–Kier alpha value is -0.890. The molecule has 0 atom stereocenters. The molecule has 2 aromatic rings. The van der Waals surface area contributed by atoms with Crippen molar-refractivity contribution in [2.75, 3.05) is 5.32 Å². The molecular weight excluding hydrogens is 289 g/mol. The molecule has 1 N–H and O–H groups in total. The zero-order chi connectivity index (χ0) is 13.1. The minimum absolute atomic E-state index is 0.543. The summed E-state index contributed by atoms with van der Waals surface area (Å²) in [7, 11) is 0. The molecule has 0 bridgehead atoms. The largest absolute Gasteiger partial charge is 0.380 e. The number of hydrogen-bond acceptors (Lipinski definition) is 1. The molecule has 18 heavy (non-hydrogen) atoms. The van der Waals surface area contributed by atoms with Crippen LogP contribution in [0.25, 0.3) is 0 Å². The minimum atomic E-state index is 0.543. The lowest BCUT2D eigenvalue weighted by atomic mass is 10.2. The number of benzene rings is 2. The summed E-state index contributed by atoms with van der Waals surface area (Å²) in [5.74, 6) is 0. The molecule has 0 saturated carbocycles. The fraction of sp³-hybridized carbons (Fsp3) is 0.143. The predicted molar refractivity (Wildman–Crippen MR) is 80.0 cm³/mol. The molecule has 0 heterocycles. The van der Waals surface area contributed by atoms with Gasteiger partial charge in [0, 0.05) is 22.2 Å². The van der Waals surface area contributed by atoms with Crippen LogP contribution >= 0.6 is 34.8 Å². The summed E-state index contributed by atoms with van der Waals surface area (Å²) in [5, 5.41) is 5.23. The number of hydrogen-bond donors (Lipinski definition) is 1. The van der Waals surface area contributed by atoms with Crippen LogP contribution in [0.15, 0.2) is 36.4 Å². The molecule has 0 saturated heterocycles. The van der Waals surface area contributed by atoms with Crippen molar-refractivity contribution in [2.24, 2.45) is 0 Å². The van der Waals surface area contributed by atoms with E-state index in [1.165, 1.54) is 0 Å². The highest BCUT2D eigenvalue weighted by molar-refractivity contribution is 6.36. The summed E-state index contributed by atoms with van der Waals surface area (Å²) in [6, 6.07) is 11.3. The first-order chi connectivity index (χ1) is 8.58. The number of anilines is 1. The predicted octanol–water partition coefficient (Wildman–Crippen LogP) is 5.57. The Labute approximate surface area is 122 Å². The monoisotopic (exact) mass is 299 g/mol. The minimum Gasteiger partial charge on any atom is -0.380 e. The fourth-order valence-corrected chi connectivity index (χ4v) is 2.48. The van der Waals surface area contributed by atoms with E-state index < -0.39 is 0 Å². The van der Waals surface area contributed by atoms with Gasteiger partial charge in [-0.25, -0.2) is 0 Å². The number of halogens is 3. The average molecular weight is 301 g/mol. The van der Waals surface area contributed by atoms with E-state index in [0.29, 0.717) is 21.6 Å². The van der Waals surface area contributed by atoms with Gasteiger partial charge in [0.1, 0.15) is 0 Å². The summed E-state index contributed by atoms with van der Waals surface area (Å²) < 4.78 is 0. The molecule has 0 fully saturated rings. The summed E-state index contributed by atoms with van der Waals surface area (Å²) >= 11 is 18.4. The Balaban J connectivity index is 2.16. The van der Waals surface area contributed by atoms with Gasteiger partial charge < -0.3 is 5.32 Å². The molecule has 1 nitrogen and oxygen atoms in total. The normalized spacial score (nSPS) is 10.4. The lowest BCUT2D eigenvalue weighted by molar-refractivity contribution is 1.15. The fourth-order valence-electron chi connectivity index (χ4n) is 1.65. The topological polar surface area (TPSA) is 12.0 Å². The summed E-state index contributed by atoms with van der Waals surface area (Å²) in [4.78, 5) is 0. The molecule has 0 aliphatic carbocycles. The van der Waals surface area contributed by atoms with Crippen LogP contribution < -0.4 is 5.32 Å². The van der Waals surface area contributed by atoms with Crippen LogP contribution in [0.5, 0.6) is 0 Å². The van der Waals surface area contributed by atoms with E-state index in [2.05, 4.69) is 5.32 Å². The van der Waals surface area contributed by atoms with Crippen molar-refractivity contribution in [1.29, 1.82) is 0 Å². The van der Waals surface area contributed by atoms with E-state index in [1.54, 1.807) is 0 Å². The molecule has 0 spiro atoms. The number of nitrogens with one attached hydrogen (secondary N) is 1. The van der Waals surface area contributed by atoms with Crippen molar-refractivity contribution in [3.8, 4) is 0 Å². The van der Waals surface area contributed by atoms with Crippen LogP contribution in [0.4, 0.5) is 5.69 Å². The highest BCUT2D eigenvalue weighted by atomic mass is 35.5. The van der Waals surface area contributed by atoms with E-state index in [9.17, 15) is 0 Å². The van der Waals surface area contributed by atoms with E-state index in [0.717, 1.165) is 16.8 Å². The summed E-state index contributed by atoms with van der Waals surface area (Å²) in [5.41, 5.74) is 2.87. The lowest BCUT2D eigenvalue weighted by Gasteiger charge is -2.11. The Morgan fingerprint density at radius 1 is 0.944 bits per heavy atom. The molecular formula is C14H12Cl3N. The van der Waals surface area contributed by atoms with Crippen molar-refractivity contribution >= 4 is 40.5 Å². The third-order valence-electron chi connectivity index (χ3n) is 2.64. The molecule has 0 unspecified atom stereocenters. The molecule has 4 heteroatoms. The van der Waals surface area contributed by atoms with Gasteiger partial charge in [0.2, 0.25) is 0 Å². The Kier molecular flexibility index (Phi) is 4.39. The van der Waals surface area contributed by atoms with Gasteiger partial charge in [-0.3, -0.25) is 0 Å². The van der Waals surface area contributed by atoms with Gasteiger partial charge in [-0.2, -0.15) is 0 Å². The zero-order valence-electron chi connectivity index (χ0n) is 9.81. The molecule has 2 aromatic carbocycles. The highest BCUT2D eigenvalue weighted by Crippen LogP contribution is 2.27. The van der Waals surface area contributed by atoms with Crippen LogP contribution in [0, 0.1) is 6.92 Å². The smallest absolute Gasteiger partial charge is 0.0640 e. The maximum Gasteiger partial charge on any atom is 0.0640 e. The second-order valence-electron chi connectivity index (χ2n) is 4.04. The van der Waals surface area contributed by atoms with Crippen molar-refractivity contribution in [2.45, 2.75) is 13.5 Å². The Morgan fingerprint density at radius 3 is 2.22 bits per heavy atom. The lowest BCUT2D eigenvalue weighted by Crippen LogP contribution is -2.01. The molecule has 0 amide bonds. The maximum atomic E-state index is 6.15. The van der Waals surface area contributed by atoms with Gasteiger partial charge in [0.15, 0.2) is 0 Å². The van der Waals surface area contributed by atoms with Gasteiger partial charge in [-0.1, -0.05) is 46.9 Å². The summed E-state index contributed by atoms with van der Waals surface area (Å²) in [6.45, 7) is 2.54. The first-order valence-corrected chi connectivity index (χ1v) is 6.64. The third kappa shape index (κ3) is 3.11. The standard InChI is InChI=1S/C14H12Cl3N/c1-9-5-6-14(13(17)7-9)18-8-10-11(15)3-2-4-12(10)16/h2-7,18H,8H2,1H3. The van der Waals surface area contributed by atoms with Crippen molar-refractivity contribution in [3.63, 3.8) is 0 Å². The number of aryl methyl sites for hydroxylation is 1. The average Bonchev–Trinajstić information content (AvgIpc) is 2.31. The van der Waals surface area contributed by atoms with Crippen LogP contribution in [-0.2, 0) is 6.54 Å². The molecule has 2 rings (SSSR count). The summed E-state index contributed by atoms with van der Waals surface area (Å²) in [6.07, 6.45) is 0. The van der Waals surface area contributed by atoms with E-state index >= 15 is 0 Å². The van der Waals surface area contributed by atoms with Crippen LogP contribution in [0.3, 0.4) is 0 Å². The quantitative estimate of drug-likeness (QED) is 0.781. The van der Waals surface area contributed by atoms with E-state index in [4.69, 9.17) is 34.8 Å².